The molecule has 1 rings (SSSR count). The van der Waals surface area contributed by atoms with Crippen molar-refractivity contribution in [2.45, 2.75) is 13.3 Å². The van der Waals surface area contributed by atoms with E-state index in [0.29, 0.717) is 6.42 Å². The SMILES string of the molecule is CCCS(=O)(=O)CCOc1cc(F)ccc1[N+](=O)[O-]. The molecular weight excluding hydrogens is 277 g/mol. The Kier molecular flexibility index (Phi) is 5.22. The molecule has 0 spiro atoms. The number of sulfone groups is 1. The highest BCUT2D eigenvalue weighted by atomic mass is 32.2. The second-order valence-electron chi connectivity index (χ2n) is 3.87. The summed E-state index contributed by atoms with van der Waals surface area (Å²) in [4.78, 5) is 9.97. The zero-order valence-corrected chi connectivity index (χ0v) is 11.2. The molecule has 0 saturated heterocycles. The van der Waals surface area contributed by atoms with Gasteiger partial charge in [-0.15, -0.1) is 0 Å². The van der Waals surface area contributed by atoms with Crippen molar-refractivity contribution in [1.82, 2.24) is 0 Å². The van der Waals surface area contributed by atoms with Gasteiger partial charge in [0.2, 0.25) is 0 Å². The molecule has 0 saturated carbocycles. The van der Waals surface area contributed by atoms with Gasteiger partial charge >= 0.3 is 5.69 Å². The van der Waals surface area contributed by atoms with E-state index in [1.807, 2.05) is 0 Å². The number of nitro groups is 1. The summed E-state index contributed by atoms with van der Waals surface area (Å²) in [6.45, 7) is 1.49. The van der Waals surface area contributed by atoms with Crippen LogP contribution in [0.25, 0.3) is 0 Å². The molecule has 0 aromatic heterocycles. The van der Waals surface area contributed by atoms with Crippen molar-refractivity contribution >= 4 is 15.5 Å². The van der Waals surface area contributed by atoms with E-state index < -0.39 is 26.3 Å². The van der Waals surface area contributed by atoms with Crippen molar-refractivity contribution in [3.8, 4) is 5.75 Å². The minimum absolute atomic E-state index is 0.0294. The van der Waals surface area contributed by atoms with Crippen LogP contribution in [0.3, 0.4) is 0 Å². The maximum Gasteiger partial charge on any atom is 0.311 e. The van der Waals surface area contributed by atoms with Crippen molar-refractivity contribution in [3.63, 3.8) is 0 Å². The fraction of sp³-hybridized carbons (Fsp3) is 0.455. The molecular formula is C11H14FNO5S. The topological polar surface area (TPSA) is 86.5 Å². The highest BCUT2D eigenvalue weighted by Gasteiger charge is 2.17. The molecule has 6 nitrogen and oxygen atoms in total. The Morgan fingerprint density at radius 1 is 1.37 bits per heavy atom. The number of hydrogen-bond donors (Lipinski definition) is 0. The van der Waals surface area contributed by atoms with Crippen LogP contribution in [-0.4, -0.2) is 31.5 Å². The molecule has 19 heavy (non-hydrogen) atoms. The third-order valence-corrected chi connectivity index (χ3v) is 4.10. The lowest BCUT2D eigenvalue weighted by Gasteiger charge is -2.07. The zero-order chi connectivity index (χ0) is 14.5. The Labute approximate surface area is 110 Å². The summed E-state index contributed by atoms with van der Waals surface area (Å²) in [5.41, 5.74) is -0.394. The Hall–Kier alpha value is -1.70. The van der Waals surface area contributed by atoms with E-state index in [4.69, 9.17) is 4.74 Å². The van der Waals surface area contributed by atoms with E-state index >= 15 is 0 Å². The molecule has 0 unspecified atom stereocenters. The smallest absolute Gasteiger partial charge is 0.311 e. The molecule has 0 heterocycles. The lowest BCUT2D eigenvalue weighted by molar-refractivity contribution is -0.385. The molecule has 8 heteroatoms. The van der Waals surface area contributed by atoms with Gasteiger partial charge in [0.15, 0.2) is 15.6 Å². The molecule has 0 atom stereocenters. The van der Waals surface area contributed by atoms with Crippen LogP contribution in [0.1, 0.15) is 13.3 Å². The van der Waals surface area contributed by atoms with Gasteiger partial charge in [-0.25, -0.2) is 12.8 Å². The third-order valence-electron chi connectivity index (χ3n) is 2.29. The monoisotopic (exact) mass is 291 g/mol. The van der Waals surface area contributed by atoms with Crippen molar-refractivity contribution in [1.29, 1.82) is 0 Å². The minimum atomic E-state index is -3.23. The molecule has 0 fully saturated rings. The summed E-state index contributed by atoms with van der Waals surface area (Å²) in [6, 6.07) is 2.79. The van der Waals surface area contributed by atoms with E-state index in [-0.39, 0.29) is 23.9 Å². The van der Waals surface area contributed by atoms with Crippen LogP contribution in [0.2, 0.25) is 0 Å². The lowest BCUT2D eigenvalue weighted by Crippen LogP contribution is -2.17. The average Bonchev–Trinajstić information content (AvgIpc) is 2.28. The van der Waals surface area contributed by atoms with Crippen molar-refractivity contribution in [3.05, 3.63) is 34.1 Å². The summed E-state index contributed by atoms with van der Waals surface area (Å²) in [6.07, 6.45) is 0.489. The molecule has 0 bridgehead atoms. The number of ether oxygens (including phenoxy) is 1. The van der Waals surface area contributed by atoms with Crippen LogP contribution in [0.4, 0.5) is 10.1 Å². The Morgan fingerprint density at radius 3 is 2.63 bits per heavy atom. The number of hydrogen-bond acceptors (Lipinski definition) is 5. The summed E-state index contributed by atoms with van der Waals surface area (Å²) in [5.74, 6) is -1.18. The van der Waals surface area contributed by atoms with Gasteiger partial charge in [0.1, 0.15) is 12.4 Å². The maximum atomic E-state index is 13.0. The molecule has 0 aliphatic heterocycles. The van der Waals surface area contributed by atoms with Crippen LogP contribution in [0.5, 0.6) is 5.75 Å². The van der Waals surface area contributed by atoms with Crippen LogP contribution in [0.15, 0.2) is 18.2 Å². The summed E-state index contributed by atoms with van der Waals surface area (Å²) < 4.78 is 40.8. The van der Waals surface area contributed by atoms with E-state index in [1.165, 1.54) is 0 Å². The predicted octanol–water partition coefficient (Wildman–Crippen LogP) is 1.94. The van der Waals surface area contributed by atoms with Crippen LogP contribution in [-0.2, 0) is 9.84 Å². The van der Waals surface area contributed by atoms with Crippen LogP contribution < -0.4 is 4.74 Å². The summed E-state index contributed by atoms with van der Waals surface area (Å²) >= 11 is 0. The van der Waals surface area contributed by atoms with Gasteiger partial charge in [-0.3, -0.25) is 10.1 Å². The maximum absolute atomic E-state index is 13.0. The first-order chi connectivity index (χ1) is 8.85. The summed E-state index contributed by atoms with van der Waals surface area (Å²) in [5, 5.41) is 10.7. The first-order valence-corrected chi connectivity index (χ1v) is 7.45. The van der Waals surface area contributed by atoms with Gasteiger partial charge in [0, 0.05) is 12.1 Å². The largest absolute Gasteiger partial charge is 0.486 e. The van der Waals surface area contributed by atoms with Gasteiger partial charge < -0.3 is 4.74 Å². The Balaban J connectivity index is 2.73. The number of rotatable bonds is 7. The predicted molar refractivity (Wildman–Crippen MR) is 67.5 cm³/mol. The van der Waals surface area contributed by atoms with Gasteiger partial charge in [0.05, 0.1) is 16.4 Å². The molecule has 0 N–H and O–H groups in total. The first-order valence-electron chi connectivity index (χ1n) is 5.63. The Morgan fingerprint density at radius 2 is 2.05 bits per heavy atom. The number of nitro benzene ring substituents is 1. The first kappa shape index (κ1) is 15.4. The number of nitrogens with zero attached hydrogens (tertiary/aromatic N) is 1. The average molecular weight is 291 g/mol. The van der Waals surface area contributed by atoms with Gasteiger partial charge in [-0.2, -0.15) is 0 Å². The second-order valence-corrected chi connectivity index (χ2v) is 6.17. The van der Waals surface area contributed by atoms with Crippen molar-refractivity contribution in [2.24, 2.45) is 0 Å². The third kappa shape index (κ3) is 4.82. The highest BCUT2D eigenvalue weighted by Crippen LogP contribution is 2.27. The van der Waals surface area contributed by atoms with E-state index in [1.54, 1.807) is 6.92 Å². The molecule has 0 aliphatic carbocycles. The van der Waals surface area contributed by atoms with Crippen LogP contribution >= 0.6 is 0 Å². The van der Waals surface area contributed by atoms with Gasteiger partial charge in [0.25, 0.3) is 0 Å². The normalized spacial score (nSPS) is 11.3. The molecule has 1 aromatic rings. The molecule has 1 aromatic carbocycles. The fourth-order valence-electron chi connectivity index (χ4n) is 1.45. The number of halogens is 1. The quantitative estimate of drug-likeness (QED) is 0.566. The zero-order valence-electron chi connectivity index (χ0n) is 10.3. The second kappa shape index (κ2) is 6.46. The lowest BCUT2D eigenvalue weighted by atomic mass is 10.3. The number of benzene rings is 1. The van der Waals surface area contributed by atoms with Gasteiger partial charge in [-0.1, -0.05) is 6.92 Å². The van der Waals surface area contributed by atoms with E-state index in [0.717, 1.165) is 18.2 Å². The van der Waals surface area contributed by atoms with E-state index in [9.17, 15) is 22.9 Å². The summed E-state index contributed by atoms with van der Waals surface area (Å²) in [7, 11) is -3.23. The van der Waals surface area contributed by atoms with Crippen molar-refractivity contribution in [2.75, 3.05) is 18.1 Å². The standard InChI is InChI=1S/C11H14FNO5S/c1-2-6-19(16,17)7-5-18-11-8-9(12)3-4-10(11)13(14)15/h3-4,8H,2,5-7H2,1H3. The van der Waals surface area contributed by atoms with Crippen molar-refractivity contribution < 1.29 is 22.5 Å². The fourth-order valence-corrected chi connectivity index (χ4v) is 2.61. The highest BCUT2D eigenvalue weighted by molar-refractivity contribution is 7.91. The molecule has 0 aliphatic rings. The van der Waals surface area contributed by atoms with E-state index in [2.05, 4.69) is 0 Å². The Bertz CT molecular complexity index is 558. The molecule has 0 amide bonds. The molecule has 106 valence electrons. The minimum Gasteiger partial charge on any atom is -0.486 e. The van der Waals surface area contributed by atoms with Gasteiger partial charge in [-0.05, 0) is 12.5 Å². The molecule has 0 radical (unpaired) electrons. The van der Waals surface area contributed by atoms with Crippen LogP contribution in [0, 0.1) is 15.9 Å².